The first kappa shape index (κ1) is 29.2. The minimum absolute atomic E-state index is 0.00149. The number of aryl methyl sites for hydroxylation is 1. The number of hydrogen-bond acceptors (Lipinski definition) is 10. The monoisotopic (exact) mass is 562 g/mol. The van der Waals surface area contributed by atoms with Crippen LogP contribution in [-0.2, 0) is 14.8 Å². The number of amides is 1. The van der Waals surface area contributed by atoms with Crippen molar-refractivity contribution in [1.82, 2.24) is 9.97 Å². The van der Waals surface area contributed by atoms with Crippen molar-refractivity contribution in [3.05, 3.63) is 47.9 Å². The van der Waals surface area contributed by atoms with Gasteiger partial charge in [-0.25, -0.2) is 17.8 Å². The average Bonchev–Trinajstić information content (AvgIpc) is 2.88. The van der Waals surface area contributed by atoms with E-state index in [9.17, 15) is 17.6 Å². The van der Waals surface area contributed by atoms with E-state index in [-0.39, 0.29) is 36.8 Å². The minimum Gasteiger partial charge on any atom is -0.493 e. The van der Waals surface area contributed by atoms with Gasteiger partial charge >= 0.3 is 0 Å². The van der Waals surface area contributed by atoms with Crippen LogP contribution in [0.5, 0.6) is 17.2 Å². The summed E-state index contributed by atoms with van der Waals surface area (Å²) in [6, 6.07) is 8.29. The first-order chi connectivity index (χ1) is 18.5. The van der Waals surface area contributed by atoms with Crippen molar-refractivity contribution in [2.24, 2.45) is 5.73 Å². The molecule has 39 heavy (non-hydrogen) atoms. The third-order valence-corrected chi connectivity index (χ3v) is 6.76. The third-order valence-electron chi connectivity index (χ3n) is 5.59. The van der Waals surface area contributed by atoms with E-state index in [2.05, 4.69) is 20.6 Å². The van der Waals surface area contributed by atoms with E-state index in [0.29, 0.717) is 34.2 Å². The van der Waals surface area contributed by atoms with Gasteiger partial charge in [-0.15, -0.1) is 0 Å². The molecule has 1 amide bonds. The fourth-order valence-electron chi connectivity index (χ4n) is 3.86. The van der Waals surface area contributed by atoms with E-state index in [1.807, 2.05) is 0 Å². The second kappa shape index (κ2) is 12.5. The van der Waals surface area contributed by atoms with Gasteiger partial charge in [0.25, 0.3) is 0 Å². The van der Waals surface area contributed by atoms with Crippen LogP contribution in [0.4, 0.5) is 33.2 Å². The number of ether oxygens (including phenoxy) is 3. The highest BCUT2D eigenvalue weighted by Gasteiger charge is 2.23. The van der Waals surface area contributed by atoms with Gasteiger partial charge < -0.3 is 30.6 Å². The Morgan fingerprint density at radius 2 is 1.77 bits per heavy atom. The SMILES string of the molecule is COc1cc(Nc2ncc(F)c(Nc3cccc(C)c3N(CCCC(N)=O)S(C)(=O)=O)n2)cc(OC)c1OC. The number of methoxy groups -OCH3 is 3. The summed E-state index contributed by atoms with van der Waals surface area (Å²) in [5.41, 5.74) is 6.89. The lowest BCUT2D eigenvalue weighted by Crippen LogP contribution is -2.32. The Kier molecular flexibility index (Phi) is 9.35. The highest BCUT2D eigenvalue weighted by Crippen LogP contribution is 2.40. The molecule has 0 aliphatic rings. The maximum absolute atomic E-state index is 14.8. The summed E-state index contributed by atoms with van der Waals surface area (Å²) < 4.78 is 57.4. The molecule has 14 heteroatoms. The molecule has 0 fully saturated rings. The Morgan fingerprint density at radius 3 is 2.33 bits per heavy atom. The normalized spacial score (nSPS) is 11.0. The molecule has 3 aromatic rings. The Labute approximate surface area is 226 Å². The number of benzene rings is 2. The van der Waals surface area contributed by atoms with Crippen LogP contribution in [0.1, 0.15) is 18.4 Å². The Balaban J connectivity index is 1.97. The molecule has 1 aromatic heterocycles. The fraction of sp³-hybridized carbons (Fsp3) is 0.320. The summed E-state index contributed by atoms with van der Waals surface area (Å²) >= 11 is 0. The van der Waals surface area contributed by atoms with E-state index < -0.39 is 21.7 Å². The number of hydrogen-bond donors (Lipinski definition) is 3. The van der Waals surface area contributed by atoms with Crippen molar-refractivity contribution in [3.8, 4) is 17.2 Å². The zero-order valence-electron chi connectivity index (χ0n) is 22.2. The van der Waals surface area contributed by atoms with E-state index in [1.54, 1.807) is 37.3 Å². The van der Waals surface area contributed by atoms with Gasteiger partial charge in [-0.3, -0.25) is 9.10 Å². The van der Waals surface area contributed by atoms with Crippen LogP contribution in [0.25, 0.3) is 0 Å². The molecule has 0 aliphatic carbocycles. The van der Waals surface area contributed by atoms with Gasteiger partial charge in [0.05, 0.1) is 45.2 Å². The van der Waals surface area contributed by atoms with Crippen LogP contribution >= 0.6 is 0 Å². The molecule has 3 rings (SSSR count). The molecule has 12 nitrogen and oxygen atoms in total. The minimum atomic E-state index is -3.76. The number of nitrogens with two attached hydrogens (primary N) is 1. The standard InChI is InChI=1S/C25H31FN6O6S/c1-15-8-6-9-18(22(15)32(39(5,34)35)11-7-10-21(27)33)30-24-17(26)14-28-25(31-24)29-16-12-19(36-2)23(38-4)20(13-16)37-3/h6,8-9,12-14H,7,10-11H2,1-5H3,(H2,27,33)(H2,28,29,30,31). The zero-order chi connectivity index (χ0) is 28.7. The predicted molar refractivity (Wildman–Crippen MR) is 146 cm³/mol. The molecular formula is C25H31FN6O6S. The van der Waals surface area contributed by atoms with Crippen LogP contribution < -0.4 is 34.9 Å². The van der Waals surface area contributed by atoms with Gasteiger partial charge in [0.15, 0.2) is 23.1 Å². The average molecular weight is 563 g/mol. The predicted octanol–water partition coefficient (Wildman–Crippen LogP) is 3.47. The number of nitrogens with zero attached hydrogens (tertiary/aromatic N) is 3. The van der Waals surface area contributed by atoms with Crippen molar-refractivity contribution >= 4 is 44.8 Å². The summed E-state index contributed by atoms with van der Waals surface area (Å²) in [5, 5.41) is 5.86. The number of halogens is 1. The number of carbonyl (C=O) groups is 1. The molecule has 210 valence electrons. The van der Waals surface area contributed by atoms with Crippen molar-refractivity contribution in [2.75, 3.05) is 49.1 Å². The molecule has 0 radical (unpaired) electrons. The van der Waals surface area contributed by atoms with E-state index in [0.717, 1.165) is 16.8 Å². The molecule has 1 heterocycles. The van der Waals surface area contributed by atoms with Crippen LogP contribution in [-0.4, -0.2) is 58.4 Å². The summed E-state index contributed by atoms with van der Waals surface area (Å²) in [6.45, 7) is 1.72. The van der Waals surface area contributed by atoms with Gasteiger partial charge in [0.2, 0.25) is 27.6 Å². The molecule has 0 unspecified atom stereocenters. The number of sulfonamides is 1. The first-order valence-electron chi connectivity index (χ1n) is 11.7. The van der Waals surface area contributed by atoms with Crippen LogP contribution in [0, 0.1) is 12.7 Å². The topological polar surface area (TPSA) is 158 Å². The molecule has 0 atom stereocenters. The molecule has 2 aromatic carbocycles. The summed E-state index contributed by atoms with van der Waals surface area (Å²) in [6.07, 6.45) is 2.25. The quantitative estimate of drug-likeness (QED) is 0.282. The van der Waals surface area contributed by atoms with Gasteiger partial charge in [-0.05, 0) is 25.0 Å². The summed E-state index contributed by atoms with van der Waals surface area (Å²) in [5.74, 6) is -0.283. The van der Waals surface area contributed by atoms with Gasteiger partial charge in [0, 0.05) is 30.8 Å². The number of rotatable bonds is 13. The largest absolute Gasteiger partial charge is 0.493 e. The van der Waals surface area contributed by atoms with Gasteiger partial charge in [-0.2, -0.15) is 4.98 Å². The van der Waals surface area contributed by atoms with E-state index >= 15 is 0 Å². The lowest BCUT2D eigenvalue weighted by Gasteiger charge is -2.27. The molecule has 0 spiro atoms. The number of carbonyl (C=O) groups excluding carboxylic acids is 1. The van der Waals surface area contributed by atoms with Crippen molar-refractivity contribution in [1.29, 1.82) is 0 Å². The summed E-state index contributed by atoms with van der Waals surface area (Å²) in [7, 11) is 0.674. The molecule has 4 N–H and O–H groups in total. The smallest absolute Gasteiger partial charge is 0.232 e. The maximum Gasteiger partial charge on any atom is 0.232 e. The number of primary amides is 1. The maximum atomic E-state index is 14.8. The van der Waals surface area contributed by atoms with Gasteiger partial charge in [-0.1, -0.05) is 12.1 Å². The number of aromatic nitrogens is 2. The lowest BCUT2D eigenvalue weighted by molar-refractivity contribution is -0.118. The van der Waals surface area contributed by atoms with Crippen molar-refractivity contribution < 1.29 is 31.8 Å². The lowest BCUT2D eigenvalue weighted by atomic mass is 10.1. The second-order valence-corrected chi connectivity index (χ2v) is 10.3. The van der Waals surface area contributed by atoms with Crippen LogP contribution in [0.3, 0.4) is 0 Å². The molecule has 0 aliphatic heterocycles. The molecular weight excluding hydrogens is 531 g/mol. The number of para-hydroxylation sites is 1. The zero-order valence-corrected chi connectivity index (χ0v) is 23.1. The Bertz CT molecular complexity index is 1430. The third kappa shape index (κ3) is 7.16. The van der Waals surface area contributed by atoms with Crippen LogP contribution in [0.15, 0.2) is 36.5 Å². The highest BCUT2D eigenvalue weighted by atomic mass is 32.2. The van der Waals surface area contributed by atoms with Crippen molar-refractivity contribution in [2.45, 2.75) is 19.8 Å². The molecule has 0 saturated carbocycles. The number of nitrogens with one attached hydrogen (secondary N) is 2. The van der Waals surface area contributed by atoms with Crippen molar-refractivity contribution in [3.63, 3.8) is 0 Å². The van der Waals surface area contributed by atoms with Crippen LogP contribution in [0.2, 0.25) is 0 Å². The molecule has 0 bridgehead atoms. The van der Waals surface area contributed by atoms with Gasteiger partial charge in [0.1, 0.15) is 0 Å². The second-order valence-electron chi connectivity index (χ2n) is 8.43. The Morgan fingerprint density at radius 1 is 1.10 bits per heavy atom. The van der Waals surface area contributed by atoms with E-state index in [4.69, 9.17) is 19.9 Å². The Hall–Kier alpha value is -4.33. The molecule has 0 saturated heterocycles. The first-order valence-corrected chi connectivity index (χ1v) is 13.6. The fourth-order valence-corrected chi connectivity index (χ4v) is 4.89. The highest BCUT2D eigenvalue weighted by molar-refractivity contribution is 7.92. The number of anilines is 5. The summed E-state index contributed by atoms with van der Waals surface area (Å²) in [4.78, 5) is 19.5. The van der Waals surface area contributed by atoms with E-state index in [1.165, 1.54) is 21.3 Å².